The van der Waals surface area contributed by atoms with Crippen molar-refractivity contribution in [2.75, 3.05) is 7.11 Å². The van der Waals surface area contributed by atoms with Gasteiger partial charge in [0.2, 0.25) is 0 Å². The number of halogens is 1. The van der Waals surface area contributed by atoms with Crippen LogP contribution in [0.1, 0.15) is 25.3 Å². The lowest BCUT2D eigenvalue weighted by atomic mass is 10.2. The monoisotopic (exact) mass is 326 g/mol. The van der Waals surface area contributed by atoms with Crippen LogP contribution < -0.4 is 0 Å². The largest absolute Gasteiger partial charge is 0.379 e. The average Bonchev–Trinajstić information content (AvgIpc) is 2.90. The number of aromatic amines is 1. The van der Waals surface area contributed by atoms with Crippen LogP contribution in [0.15, 0.2) is 22.7 Å². The summed E-state index contributed by atoms with van der Waals surface area (Å²) in [6.45, 7) is 0. The van der Waals surface area contributed by atoms with Gasteiger partial charge in [0.1, 0.15) is 0 Å². The topological polar surface area (TPSA) is 29.9 Å². The Morgan fingerprint density at radius 1 is 1.44 bits per heavy atom. The van der Waals surface area contributed by atoms with Gasteiger partial charge in [0, 0.05) is 11.6 Å². The van der Waals surface area contributed by atoms with Gasteiger partial charge in [-0.25, -0.2) is 0 Å². The summed E-state index contributed by atoms with van der Waals surface area (Å²) in [6, 6.07) is 6.59. The third-order valence-electron chi connectivity index (χ3n) is 3.73. The van der Waals surface area contributed by atoms with Crippen LogP contribution in [0.4, 0.5) is 0 Å². The number of hydrogen-bond acceptors (Lipinski definition) is 2. The van der Waals surface area contributed by atoms with Crippen LogP contribution in [0.25, 0.3) is 11.0 Å². The van der Waals surface area contributed by atoms with Crippen molar-refractivity contribution in [1.82, 2.24) is 9.55 Å². The summed E-state index contributed by atoms with van der Waals surface area (Å²) in [6.07, 6.45) is 3.73. The van der Waals surface area contributed by atoms with Crippen LogP contribution in [0.3, 0.4) is 0 Å². The molecule has 1 saturated carbocycles. The summed E-state index contributed by atoms with van der Waals surface area (Å²) in [5.74, 6) is 0. The molecule has 3 nitrogen and oxygen atoms in total. The van der Waals surface area contributed by atoms with E-state index >= 15 is 0 Å². The highest BCUT2D eigenvalue weighted by molar-refractivity contribution is 9.10. The Kier molecular flexibility index (Phi) is 3.30. The van der Waals surface area contributed by atoms with Crippen molar-refractivity contribution >= 4 is 39.2 Å². The number of ether oxygens (including phenoxy) is 1. The van der Waals surface area contributed by atoms with E-state index in [2.05, 4.69) is 43.7 Å². The maximum atomic E-state index is 5.58. The summed E-state index contributed by atoms with van der Waals surface area (Å²) < 4.78 is 9.66. The first-order valence-corrected chi connectivity index (χ1v) is 7.33. The van der Waals surface area contributed by atoms with Gasteiger partial charge < -0.3 is 14.3 Å². The molecule has 2 atom stereocenters. The quantitative estimate of drug-likeness (QED) is 0.838. The Balaban J connectivity index is 2.16. The Bertz CT molecular complexity index is 633. The molecular weight excluding hydrogens is 312 g/mol. The standard InChI is InChI=1S/C13H15BrN2OS/c1-17-12-4-2-3-11(12)16-10-6-5-8(14)7-9(10)15-13(16)18/h5-7,11-12H,2-4H2,1H3,(H,15,18). The molecule has 1 N–H and O–H groups in total. The van der Waals surface area contributed by atoms with E-state index in [1.54, 1.807) is 7.11 Å². The van der Waals surface area contributed by atoms with Gasteiger partial charge in [-0.3, -0.25) is 0 Å². The molecule has 3 rings (SSSR count). The van der Waals surface area contributed by atoms with E-state index in [1.165, 1.54) is 6.42 Å². The van der Waals surface area contributed by atoms with Crippen LogP contribution in [0, 0.1) is 4.77 Å². The second-order valence-corrected chi connectivity index (χ2v) is 6.04. The third-order valence-corrected chi connectivity index (χ3v) is 4.52. The minimum atomic E-state index is 0.277. The highest BCUT2D eigenvalue weighted by atomic mass is 79.9. The molecule has 1 fully saturated rings. The molecule has 0 amide bonds. The van der Waals surface area contributed by atoms with Crippen molar-refractivity contribution < 1.29 is 4.74 Å². The van der Waals surface area contributed by atoms with E-state index in [-0.39, 0.29) is 6.10 Å². The van der Waals surface area contributed by atoms with Crippen LogP contribution in [-0.2, 0) is 4.74 Å². The molecule has 2 aromatic rings. The Labute approximate surface area is 119 Å². The molecule has 1 heterocycles. The van der Waals surface area contributed by atoms with Gasteiger partial charge in [0.25, 0.3) is 0 Å². The Morgan fingerprint density at radius 2 is 2.28 bits per heavy atom. The SMILES string of the molecule is COC1CCCC1n1c(=S)[nH]c2cc(Br)ccc21. The first kappa shape index (κ1) is 12.4. The average molecular weight is 327 g/mol. The zero-order valence-corrected chi connectivity index (χ0v) is 12.6. The van der Waals surface area contributed by atoms with Crippen LogP contribution in [0.2, 0.25) is 0 Å². The van der Waals surface area contributed by atoms with Crippen molar-refractivity contribution in [3.63, 3.8) is 0 Å². The summed E-state index contributed by atoms with van der Waals surface area (Å²) >= 11 is 8.96. The van der Waals surface area contributed by atoms with Crippen molar-refractivity contribution in [3.8, 4) is 0 Å². The zero-order valence-electron chi connectivity index (χ0n) is 10.1. The third kappa shape index (κ3) is 1.94. The van der Waals surface area contributed by atoms with Crippen molar-refractivity contribution in [1.29, 1.82) is 0 Å². The molecule has 0 aliphatic heterocycles. The zero-order chi connectivity index (χ0) is 12.7. The van der Waals surface area contributed by atoms with Gasteiger partial charge in [-0.2, -0.15) is 0 Å². The lowest BCUT2D eigenvalue weighted by Crippen LogP contribution is -2.20. The molecule has 0 radical (unpaired) electrons. The molecule has 96 valence electrons. The molecule has 1 aromatic heterocycles. The molecule has 5 heteroatoms. The maximum absolute atomic E-state index is 5.58. The first-order chi connectivity index (χ1) is 8.70. The first-order valence-electron chi connectivity index (χ1n) is 6.13. The summed E-state index contributed by atoms with van der Waals surface area (Å²) in [5, 5.41) is 0. The van der Waals surface area contributed by atoms with Gasteiger partial charge in [0.05, 0.1) is 23.2 Å². The molecule has 1 aromatic carbocycles. The number of benzene rings is 1. The number of hydrogen-bond donors (Lipinski definition) is 1. The van der Waals surface area contributed by atoms with Crippen LogP contribution in [0.5, 0.6) is 0 Å². The minimum absolute atomic E-state index is 0.277. The van der Waals surface area contributed by atoms with E-state index < -0.39 is 0 Å². The molecule has 2 unspecified atom stereocenters. The second-order valence-electron chi connectivity index (χ2n) is 4.73. The second kappa shape index (κ2) is 4.79. The lowest BCUT2D eigenvalue weighted by Gasteiger charge is -2.20. The highest BCUT2D eigenvalue weighted by Crippen LogP contribution is 2.35. The number of nitrogens with zero attached hydrogens (tertiary/aromatic N) is 1. The van der Waals surface area contributed by atoms with E-state index in [9.17, 15) is 0 Å². The number of imidazole rings is 1. The van der Waals surface area contributed by atoms with Crippen molar-refractivity contribution in [3.05, 3.63) is 27.4 Å². The smallest absolute Gasteiger partial charge is 0.178 e. The molecule has 1 aliphatic rings. The summed E-state index contributed by atoms with van der Waals surface area (Å²) in [7, 11) is 1.79. The molecule has 0 bridgehead atoms. The number of methoxy groups -OCH3 is 1. The Hall–Kier alpha value is -0.650. The predicted molar refractivity (Wildman–Crippen MR) is 78.5 cm³/mol. The van der Waals surface area contributed by atoms with E-state index in [0.29, 0.717) is 6.04 Å². The molecule has 18 heavy (non-hydrogen) atoms. The fraction of sp³-hybridized carbons (Fsp3) is 0.462. The predicted octanol–water partition coefficient (Wildman–Crippen LogP) is 4.20. The van der Waals surface area contributed by atoms with Crippen molar-refractivity contribution in [2.45, 2.75) is 31.4 Å². The fourth-order valence-electron chi connectivity index (χ4n) is 2.91. The van der Waals surface area contributed by atoms with E-state index in [1.807, 2.05) is 0 Å². The maximum Gasteiger partial charge on any atom is 0.178 e. The number of aromatic nitrogens is 2. The van der Waals surface area contributed by atoms with Gasteiger partial charge in [-0.15, -0.1) is 0 Å². The number of nitrogens with one attached hydrogen (secondary N) is 1. The minimum Gasteiger partial charge on any atom is -0.379 e. The number of H-pyrrole nitrogens is 1. The van der Waals surface area contributed by atoms with Gasteiger partial charge in [-0.05, 0) is 49.7 Å². The highest BCUT2D eigenvalue weighted by Gasteiger charge is 2.30. The van der Waals surface area contributed by atoms with Gasteiger partial charge in [0.15, 0.2) is 4.77 Å². The van der Waals surface area contributed by atoms with Crippen LogP contribution >= 0.6 is 28.1 Å². The molecular formula is C13H15BrN2OS. The fourth-order valence-corrected chi connectivity index (χ4v) is 3.61. The number of rotatable bonds is 2. The molecule has 0 saturated heterocycles. The Morgan fingerprint density at radius 3 is 3.06 bits per heavy atom. The van der Waals surface area contributed by atoms with Gasteiger partial charge >= 0.3 is 0 Å². The lowest BCUT2D eigenvalue weighted by molar-refractivity contribution is 0.0758. The van der Waals surface area contributed by atoms with Gasteiger partial charge in [-0.1, -0.05) is 15.9 Å². The summed E-state index contributed by atoms with van der Waals surface area (Å²) in [5.41, 5.74) is 2.24. The molecule has 1 aliphatic carbocycles. The van der Waals surface area contributed by atoms with Crippen molar-refractivity contribution in [2.24, 2.45) is 0 Å². The normalized spacial score (nSPS) is 23.9. The molecule has 0 spiro atoms. The van der Waals surface area contributed by atoms with E-state index in [4.69, 9.17) is 17.0 Å². The van der Waals surface area contributed by atoms with Crippen LogP contribution in [-0.4, -0.2) is 22.8 Å². The van der Waals surface area contributed by atoms with E-state index in [0.717, 1.165) is 33.1 Å². The number of fused-ring (bicyclic) bond motifs is 1. The summed E-state index contributed by atoms with van der Waals surface area (Å²) in [4.78, 5) is 3.28.